The van der Waals surface area contributed by atoms with Crippen LogP contribution < -0.4 is 5.32 Å². The Morgan fingerprint density at radius 2 is 2.11 bits per heavy atom. The van der Waals surface area contributed by atoms with E-state index in [4.69, 9.17) is 0 Å². The first-order valence-electron chi connectivity index (χ1n) is 4.66. The molecule has 1 saturated heterocycles. The average Bonchev–Trinajstić information content (AvgIpc) is 2.26. The molecule has 0 saturated carbocycles. The van der Waals surface area contributed by atoms with Gasteiger partial charge in [-0.05, 0) is 18.2 Å². The van der Waals surface area contributed by atoms with E-state index in [-0.39, 0.29) is 18.0 Å². The second-order valence-corrected chi connectivity index (χ2v) is 4.50. The molecule has 0 bridgehead atoms. The van der Waals surface area contributed by atoms with Crippen molar-refractivity contribution in [1.29, 1.82) is 0 Å². The van der Waals surface area contributed by atoms with E-state index in [0.717, 1.165) is 6.07 Å². The van der Waals surface area contributed by atoms with Crippen LogP contribution in [0.2, 0.25) is 0 Å². The van der Waals surface area contributed by atoms with Crippen molar-refractivity contribution in [2.45, 2.75) is 12.0 Å². The Morgan fingerprint density at radius 1 is 1.44 bits per heavy atom. The maximum absolute atomic E-state index is 13.5. The molecule has 0 radical (unpaired) electrons. The Labute approximate surface area is 115 Å². The molecule has 1 fully saturated rings. The first-order chi connectivity index (χ1) is 7.90. The van der Waals surface area contributed by atoms with Gasteiger partial charge in [0.05, 0.1) is 0 Å². The fourth-order valence-corrected chi connectivity index (χ4v) is 1.93. The highest BCUT2D eigenvalue weighted by Crippen LogP contribution is 2.36. The van der Waals surface area contributed by atoms with Gasteiger partial charge in [0, 0.05) is 10.0 Å². The van der Waals surface area contributed by atoms with Crippen molar-refractivity contribution in [1.82, 2.24) is 5.32 Å². The van der Waals surface area contributed by atoms with Crippen molar-refractivity contribution >= 4 is 34.4 Å². The lowest BCUT2D eigenvalue weighted by Crippen LogP contribution is -2.49. The molecule has 100 valence electrons. The van der Waals surface area contributed by atoms with Gasteiger partial charge in [0.25, 0.3) is 0 Å². The molecule has 0 aromatic heterocycles. The van der Waals surface area contributed by atoms with Gasteiger partial charge in [0.15, 0.2) is 6.61 Å². The van der Waals surface area contributed by atoms with Gasteiger partial charge in [0.1, 0.15) is 11.9 Å². The van der Waals surface area contributed by atoms with E-state index in [1.807, 2.05) is 5.32 Å². The van der Waals surface area contributed by atoms with E-state index in [0.29, 0.717) is 4.47 Å². The fourth-order valence-electron chi connectivity index (χ4n) is 1.55. The highest BCUT2D eigenvalue weighted by molar-refractivity contribution is 9.10. The zero-order valence-corrected chi connectivity index (χ0v) is 11.2. The molecule has 1 N–H and O–H groups in total. The SMILES string of the molecule is Cl.O=C1N[C@H](c2cc(Br)ccc2F)C(F)(F)CO1. The number of alkyl carbamates (subject to hydrolysis) is 1. The van der Waals surface area contributed by atoms with E-state index in [1.165, 1.54) is 12.1 Å². The largest absolute Gasteiger partial charge is 0.443 e. The number of rotatable bonds is 1. The predicted octanol–water partition coefficient (Wildman–Crippen LogP) is 3.43. The van der Waals surface area contributed by atoms with Crippen LogP contribution in [0.25, 0.3) is 0 Å². The van der Waals surface area contributed by atoms with E-state index >= 15 is 0 Å². The van der Waals surface area contributed by atoms with Crippen LogP contribution in [0.15, 0.2) is 22.7 Å². The molecule has 0 unspecified atom stereocenters. The molecule has 1 aliphatic heterocycles. The van der Waals surface area contributed by atoms with Crippen LogP contribution in [0.1, 0.15) is 11.6 Å². The highest BCUT2D eigenvalue weighted by atomic mass is 79.9. The van der Waals surface area contributed by atoms with Crippen molar-refractivity contribution in [3.05, 3.63) is 34.1 Å². The smallest absolute Gasteiger partial charge is 0.408 e. The third kappa shape index (κ3) is 2.89. The van der Waals surface area contributed by atoms with E-state index in [2.05, 4.69) is 20.7 Å². The summed E-state index contributed by atoms with van der Waals surface area (Å²) in [5.74, 6) is -4.16. The van der Waals surface area contributed by atoms with Crippen molar-refractivity contribution in [3.63, 3.8) is 0 Å². The van der Waals surface area contributed by atoms with Gasteiger partial charge in [-0.15, -0.1) is 12.4 Å². The number of benzene rings is 1. The number of amides is 1. The normalized spacial score (nSPS) is 21.6. The summed E-state index contributed by atoms with van der Waals surface area (Å²) in [4.78, 5) is 10.9. The average molecular weight is 347 g/mol. The molecule has 0 spiro atoms. The van der Waals surface area contributed by atoms with Gasteiger partial charge in [-0.1, -0.05) is 15.9 Å². The zero-order chi connectivity index (χ0) is 12.6. The molecule has 3 nitrogen and oxygen atoms in total. The minimum atomic E-state index is -3.35. The van der Waals surface area contributed by atoms with E-state index < -0.39 is 30.5 Å². The third-order valence-electron chi connectivity index (χ3n) is 2.35. The number of hydrogen-bond acceptors (Lipinski definition) is 2. The minimum Gasteiger partial charge on any atom is -0.443 e. The Kier molecular flexibility index (Phi) is 4.50. The number of alkyl halides is 2. The Hall–Kier alpha value is -0.950. The molecule has 0 aliphatic carbocycles. The Morgan fingerprint density at radius 3 is 2.78 bits per heavy atom. The molecule has 18 heavy (non-hydrogen) atoms. The maximum atomic E-state index is 13.5. The lowest BCUT2D eigenvalue weighted by molar-refractivity contribution is -0.105. The Bertz CT molecular complexity index is 472. The van der Waals surface area contributed by atoms with Gasteiger partial charge in [-0.2, -0.15) is 0 Å². The number of ether oxygens (including phenoxy) is 1. The number of halogens is 5. The number of carbonyl (C=O) groups excluding carboxylic acids is 1. The first-order valence-corrected chi connectivity index (χ1v) is 5.45. The second kappa shape index (κ2) is 5.36. The summed E-state index contributed by atoms with van der Waals surface area (Å²) in [6, 6.07) is 1.93. The maximum Gasteiger partial charge on any atom is 0.408 e. The minimum absolute atomic E-state index is 0. The molecule has 1 aliphatic rings. The third-order valence-corrected chi connectivity index (χ3v) is 2.84. The van der Waals surface area contributed by atoms with Crippen LogP contribution in [0, 0.1) is 5.82 Å². The van der Waals surface area contributed by atoms with Crippen LogP contribution in [-0.4, -0.2) is 18.6 Å². The van der Waals surface area contributed by atoms with Crippen molar-refractivity contribution in [2.24, 2.45) is 0 Å². The molecule has 1 heterocycles. The molecule has 2 rings (SSSR count). The fraction of sp³-hybridized carbons (Fsp3) is 0.300. The summed E-state index contributed by atoms with van der Waals surface area (Å²) in [6.07, 6.45) is -0.986. The summed E-state index contributed by atoms with van der Waals surface area (Å²) >= 11 is 3.06. The lowest BCUT2D eigenvalue weighted by Gasteiger charge is -2.32. The van der Waals surface area contributed by atoms with E-state index in [9.17, 15) is 18.0 Å². The number of hydrogen-bond donors (Lipinski definition) is 1. The summed E-state index contributed by atoms with van der Waals surface area (Å²) in [6.45, 7) is -1.06. The molecular weight excluding hydrogens is 338 g/mol. The van der Waals surface area contributed by atoms with Crippen molar-refractivity contribution < 1.29 is 22.7 Å². The predicted molar refractivity (Wildman–Crippen MR) is 63.5 cm³/mol. The van der Waals surface area contributed by atoms with Gasteiger partial charge in [-0.25, -0.2) is 18.0 Å². The first kappa shape index (κ1) is 15.1. The number of cyclic esters (lactones) is 1. The lowest BCUT2D eigenvalue weighted by atomic mass is 9.99. The molecule has 1 aromatic carbocycles. The van der Waals surface area contributed by atoms with Crippen LogP contribution in [-0.2, 0) is 4.74 Å². The summed E-state index contributed by atoms with van der Waals surface area (Å²) in [5, 5.41) is 1.92. The molecule has 1 amide bonds. The quantitative estimate of drug-likeness (QED) is 0.846. The topological polar surface area (TPSA) is 38.3 Å². The van der Waals surface area contributed by atoms with Crippen LogP contribution >= 0.6 is 28.3 Å². The highest BCUT2D eigenvalue weighted by Gasteiger charge is 2.47. The molecule has 1 aromatic rings. The summed E-state index contributed by atoms with van der Waals surface area (Å²) < 4.78 is 45.1. The molecular formula is C10H8BrClF3NO2. The molecule has 1 atom stereocenters. The van der Waals surface area contributed by atoms with Gasteiger partial charge < -0.3 is 10.1 Å². The van der Waals surface area contributed by atoms with Crippen LogP contribution in [0.4, 0.5) is 18.0 Å². The monoisotopic (exact) mass is 345 g/mol. The van der Waals surface area contributed by atoms with Gasteiger partial charge in [-0.3, -0.25) is 0 Å². The standard InChI is InChI=1S/C10H7BrF3NO2.ClH/c11-5-1-2-7(12)6(3-5)8-10(13,14)4-17-9(16)15-8;/h1-3,8H,4H2,(H,15,16);1H/t8-;/m1./s1. The van der Waals surface area contributed by atoms with Crippen LogP contribution in [0.3, 0.4) is 0 Å². The summed E-state index contributed by atoms with van der Waals surface area (Å²) in [7, 11) is 0. The number of carbonyl (C=O) groups is 1. The van der Waals surface area contributed by atoms with Crippen molar-refractivity contribution in [2.75, 3.05) is 6.61 Å². The van der Waals surface area contributed by atoms with Crippen molar-refractivity contribution in [3.8, 4) is 0 Å². The van der Waals surface area contributed by atoms with Gasteiger partial charge in [0.2, 0.25) is 0 Å². The summed E-state index contributed by atoms with van der Waals surface area (Å²) in [5.41, 5.74) is -0.277. The number of nitrogens with one attached hydrogen (secondary N) is 1. The van der Waals surface area contributed by atoms with Crippen LogP contribution in [0.5, 0.6) is 0 Å². The Balaban J connectivity index is 0.00000162. The second-order valence-electron chi connectivity index (χ2n) is 3.58. The zero-order valence-electron chi connectivity index (χ0n) is 8.75. The van der Waals surface area contributed by atoms with E-state index in [1.54, 1.807) is 0 Å². The molecule has 8 heteroatoms. The van der Waals surface area contributed by atoms with Gasteiger partial charge >= 0.3 is 12.0 Å².